The summed E-state index contributed by atoms with van der Waals surface area (Å²) in [7, 11) is 0. The zero-order valence-corrected chi connectivity index (χ0v) is 16.5. The van der Waals surface area contributed by atoms with Gasteiger partial charge in [0, 0.05) is 22.1 Å². The maximum absolute atomic E-state index is 6.49. The molecule has 1 aliphatic heterocycles. The molecule has 4 rings (SSSR count). The third kappa shape index (κ3) is 3.07. The van der Waals surface area contributed by atoms with Gasteiger partial charge < -0.3 is 5.32 Å². The molecular weight excluding hydrogens is 421 g/mol. The molecule has 0 saturated heterocycles. The average molecular weight is 437 g/mol. The van der Waals surface area contributed by atoms with E-state index in [1.54, 1.807) is 6.07 Å². The third-order valence-electron chi connectivity index (χ3n) is 4.42. The highest BCUT2D eigenvalue weighted by Gasteiger charge is 2.24. The minimum absolute atomic E-state index is 0.546. The fraction of sp³-hybridized carbons (Fsp3) is 0.211. The largest absolute Gasteiger partial charge is 0.370 e. The predicted octanol–water partition coefficient (Wildman–Crippen LogP) is 6.36. The fourth-order valence-electron chi connectivity index (χ4n) is 3.20. The lowest BCUT2D eigenvalue weighted by atomic mass is 10.0. The molecule has 0 bridgehead atoms. The Morgan fingerprint density at radius 2 is 1.88 bits per heavy atom. The molecule has 128 valence electrons. The molecule has 6 heteroatoms. The number of nitrogens with one attached hydrogen (secondary N) is 1. The SMILES string of the molecule is Clc1cccc(-c2nn(-c3ccccc3Br)c3c2CCCCN3)c1Cl. The lowest BCUT2D eigenvalue weighted by molar-refractivity contribution is 0.780. The fourth-order valence-corrected chi connectivity index (χ4v) is 4.05. The van der Waals surface area contributed by atoms with Crippen LogP contribution < -0.4 is 5.32 Å². The second-order valence-corrected chi connectivity index (χ2v) is 7.66. The zero-order valence-electron chi connectivity index (χ0n) is 13.4. The van der Waals surface area contributed by atoms with Crippen LogP contribution in [0.3, 0.4) is 0 Å². The molecule has 0 spiro atoms. The maximum Gasteiger partial charge on any atom is 0.133 e. The Bertz CT molecular complexity index is 936. The third-order valence-corrected chi connectivity index (χ3v) is 5.91. The number of para-hydroxylation sites is 1. The van der Waals surface area contributed by atoms with E-state index in [9.17, 15) is 0 Å². The van der Waals surface area contributed by atoms with E-state index in [1.807, 2.05) is 41.1 Å². The molecule has 0 radical (unpaired) electrons. The number of fused-ring (bicyclic) bond motifs is 1. The smallest absolute Gasteiger partial charge is 0.133 e. The summed E-state index contributed by atoms with van der Waals surface area (Å²) in [6.07, 6.45) is 3.21. The number of rotatable bonds is 2. The molecule has 1 aromatic heterocycles. The maximum atomic E-state index is 6.49. The van der Waals surface area contributed by atoms with Crippen molar-refractivity contribution in [2.24, 2.45) is 0 Å². The summed E-state index contributed by atoms with van der Waals surface area (Å²) >= 11 is 16.4. The number of aromatic nitrogens is 2. The van der Waals surface area contributed by atoms with E-state index >= 15 is 0 Å². The minimum atomic E-state index is 0.546. The molecule has 0 amide bonds. The lowest BCUT2D eigenvalue weighted by Gasteiger charge is -2.10. The molecule has 0 unspecified atom stereocenters. The standard InChI is InChI=1S/C19H16BrCl2N3/c20-14-8-1-2-10-16(14)25-19-13(6-3-4-11-23-19)18(24-25)12-7-5-9-15(21)17(12)22/h1-2,5,7-10,23H,3-4,6,11H2. The normalized spacial score (nSPS) is 13.9. The van der Waals surface area contributed by atoms with Crippen molar-refractivity contribution < 1.29 is 0 Å². The second kappa shape index (κ2) is 7.02. The Morgan fingerprint density at radius 1 is 1.04 bits per heavy atom. The van der Waals surface area contributed by atoms with Crippen molar-refractivity contribution in [2.45, 2.75) is 19.3 Å². The van der Waals surface area contributed by atoms with Crippen molar-refractivity contribution in [3.8, 4) is 16.9 Å². The molecule has 25 heavy (non-hydrogen) atoms. The highest BCUT2D eigenvalue weighted by atomic mass is 79.9. The van der Waals surface area contributed by atoms with E-state index < -0.39 is 0 Å². The monoisotopic (exact) mass is 435 g/mol. The van der Waals surface area contributed by atoms with Gasteiger partial charge in [0.25, 0.3) is 0 Å². The Morgan fingerprint density at radius 3 is 2.72 bits per heavy atom. The molecule has 3 aromatic rings. The highest BCUT2D eigenvalue weighted by Crippen LogP contribution is 2.39. The van der Waals surface area contributed by atoms with Crippen molar-refractivity contribution in [1.82, 2.24) is 9.78 Å². The van der Waals surface area contributed by atoms with Crippen molar-refractivity contribution in [2.75, 3.05) is 11.9 Å². The lowest BCUT2D eigenvalue weighted by Crippen LogP contribution is -2.07. The number of benzene rings is 2. The van der Waals surface area contributed by atoms with E-state index in [-0.39, 0.29) is 0 Å². The predicted molar refractivity (Wildman–Crippen MR) is 108 cm³/mol. The molecule has 1 N–H and O–H groups in total. The molecule has 0 saturated carbocycles. The highest BCUT2D eigenvalue weighted by molar-refractivity contribution is 9.10. The van der Waals surface area contributed by atoms with Gasteiger partial charge in [0.15, 0.2) is 0 Å². The number of anilines is 1. The van der Waals surface area contributed by atoms with Gasteiger partial charge in [-0.1, -0.05) is 47.5 Å². The van der Waals surface area contributed by atoms with Crippen LogP contribution in [-0.2, 0) is 6.42 Å². The van der Waals surface area contributed by atoms with E-state index in [0.717, 1.165) is 53.0 Å². The van der Waals surface area contributed by atoms with Crippen molar-refractivity contribution >= 4 is 44.9 Å². The van der Waals surface area contributed by atoms with Gasteiger partial charge in [-0.15, -0.1) is 0 Å². The van der Waals surface area contributed by atoms with Crippen LogP contribution in [0, 0.1) is 0 Å². The molecule has 2 heterocycles. The first-order chi connectivity index (χ1) is 12.2. The molecule has 3 nitrogen and oxygen atoms in total. The molecule has 2 aromatic carbocycles. The summed E-state index contributed by atoms with van der Waals surface area (Å²) in [5.74, 6) is 1.04. The minimum Gasteiger partial charge on any atom is -0.370 e. The second-order valence-electron chi connectivity index (χ2n) is 6.02. The zero-order chi connectivity index (χ0) is 17.4. The molecule has 0 aliphatic carbocycles. The summed E-state index contributed by atoms with van der Waals surface area (Å²) < 4.78 is 2.96. The first kappa shape index (κ1) is 17.0. The number of hydrogen-bond donors (Lipinski definition) is 1. The van der Waals surface area contributed by atoms with Gasteiger partial charge in [-0.25, -0.2) is 4.68 Å². The van der Waals surface area contributed by atoms with Gasteiger partial charge in [-0.3, -0.25) is 0 Å². The van der Waals surface area contributed by atoms with E-state index in [2.05, 4.69) is 21.2 Å². The van der Waals surface area contributed by atoms with Crippen molar-refractivity contribution in [3.05, 3.63) is 62.5 Å². The summed E-state index contributed by atoms with van der Waals surface area (Å²) in [5.41, 5.74) is 3.96. The average Bonchev–Trinajstić information content (AvgIpc) is 2.79. The quantitative estimate of drug-likeness (QED) is 0.506. The summed E-state index contributed by atoms with van der Waals surface area (Å²) in [6, 6.07) is 13.8. The Labute approximate surface area is 165 Å². The van der Waals surface area contributed by atoms with Gasteiger partial charge in [0.05, 0.1) is 21.4 Å². The van der Waals surface area contributed by atoms with Crippen LogP contribution in [-0.4, -0.2) is 16.3 Å². The molecule has 0 fully saturated rings. The van der Waals surface area contributed by atoms with Crippen LogP contribution in [0.5, 0.6) is 0 Å². The Hall–Kier alpha value is -1.49. The van der Waals surface area contributed by atoms with Crippen molar-refractivity contribution in [1.29, 1.82) is 0 Å². The van der Waals surface area contributed by atoms with Gasteiger partial charge in [-0.2, -0.15) is 5.10 Å². The van der Waals surface area contributed by atoms with Gasteiger partial charge in [0.2, 0.25) is 0 Å². The summed E-state index contributed by atoms with van der Waals surface area (Å²) in [4.78, 5) is 0. The Kier molecular flexibility index (Phi) is 4.76. The molecular formula is C19H16BrCl2N3. The molecule has 1 aliphatic rings. The van der Waals surface area contributed by atoms with Crippen LogP contribution in [0.2, 0.25) is 10.0 Å². The number of hydrogen-bond acceptors (Lipinski definition) is 2. The van der Waals surface area contributed by atoms with Crippen LogP contribution in [0.25, 0.3) is 16.9 Å². The van der Waals surface area contributed by atoms with E-state index in [1.165, 1.54) is 5.56 Å². The van der Waals surface area contributed by atoms with Crippen LogP contribution in [0.4, 0.5) is 5.82 Å². The summed E-state index contributed by atoms with van der Waals surface area (Å²) in [5, 5.41) is 9.56. The van der Waals surface area contributed by atoms with Crippen LogP contribution in [0.15, 0.2) is 46.9 Å². The first-order valence-corrected chi connectivity index (χ1v) is 9.77. The topological polar surface area (TPSA) is 29.9 Å². The molecule has 0 atom stereocenters. The van der Waals surface area contributed by atoms with E-state index in [4.69, 9.17) is 28.3 Å². The van der Waals surface area contributed by atoms with Crippen molar-refractivity contribution in [3.63, 3.8) is 0 Å². The van der Waals surface area contributed by atoms with Gasteiger partial charge >= 0.3 is 0 Å². The van der Waals surface area contributed by atoms with Crippen LogP contribution >= 0.6 is 39.1 Å². The first-order valence-electron chi connectivity index (χ1n) is 8.22. The number of halogens is 3. The summed E-state index contributed by atoms with van der Waals surface area (Å²) in [6.45, 7) is 0.936. The van der Waals surface area contributed by atoms with E-state index in [0.29, 0.717) is 10.0 Å². The van der Waals surface area contributed by atoms with Crippen LogP contribution in [0.1, 0.15) is 18.4 Å². The number of nitrogens with zero attached hydrogens (tertiary/aromatic N) is 2. The van der Waals surface area contributed by atoms with Gasteiger partial charge in [0.1, 0.15) is 5.82 Å². The Balaban J connectivity index is 1.97. The van der Waals surface area contributed by atoms with Gasteiger partial charge in [-0.05, 0) is 53.4 Å².